The molecule has 20 heavy (non-hydrogen) atoms. The number of hydrogen-bond acceptors (Lipinski definition) is 4. The molecule has 0 amide bonds. The lowest BCUT2D eigenvalue weighted by Crippen LogP contribution is -2.20. The van der Waals surface area contributed by atoms with Gasteiger partial charge in [0.15, 0.2) is 5.82 Å². The van der Waals surface area contributed by atoms with Gasteiger partial charge in [0, 0.05) is 18.4 Å². The van der Waals surface area contributed by atoms with E-state index in [4.69, 9.17) is 10.8 Å². The Hall–Kier alpha value is -2.56. The zero-order valence-corrected chi connectivity index (χ0v) is 11.5. The fourth-order valence-corrected chi connectivity index (χ4v) is 2.12. The maximum atomic E-state index is 10.9. The van der Waals surface area contributed by atoms with Crippen LogP contribution in [0, 0.1) is 6.92 Å². The van der Waals surface area contributed by atoms with Crippen molar-refractivity contribution in [3.8, 4) is 0 Å². The van der Waals surface area contributed by atoms with Gasteiger partial charge in [-0.05, 0) is 31.5 Å². The smallest absolute Gasteiger partial charge is 0.337 e. The van der Waals surface area contributed by atoms with Crippen molar-refractivity contribution in [2.45, 2.75) is 13.8 Å². The molecule has 0 radical (unpaired) electrons. The molecule has 0 aliphatic heterocycles. The number of rotatable bonds is 4. The lowest BCUT2D eigenvalue weighted by atomic mass is 10.1. The normalized spacial score (nSPS) is 10.3. The number of aromatic nitrogens is 1. The number of benzene rings is 1. The average Bonchev–Trinajstić information content (AvgIpc) is 2.43. The van der Waals surface area contributed by atoms with Crippen molar-refractivity contribution in [2.24, 2.45) is 0 Å². The monoisotopic (exact) mass is 271 g/mol. The van der Waals surface area contributed by atoms with Gasteiger partial charge in [-0.3, -0.25) is 0 Å². The Morgan fingerprint density at radius 2 is 2.10 bits per heavy atom. The van der Waals surface area contributed by atoms with Gasteiger partial charge in [-0.2, -0.15) is 0 Å². The minimum atomic E-state index is -1.03. The minimum Gasteiger partial charge on any atom is -0.478 e. The summed E-state index contributed by atoms with van der Waals surface area (Å²) in [5.41, 5.74) is 8.52. The standard InChI is InChI=1S/C15H17N3O2/c1-3-18(13-7-5-4-6-10(13)2)14-12(16)8-11(9-17-14)15(19)20/h4-9H,3,16H2,1-2H3,(H,19,20). The summed E-state index contributed by atoms with van der Waals surface area (Å²) in [4.78, 5) is 17.1. The molecule has 1 aromatic carbocycles. The molecule has 1 heterocycles. The van der Waals surface area contributed by atoms with Crippen molar-refractivity contribution in [1.82, 2.24) is 4.98 Å². The third kappa shape index (κ3) is 2.56. The highest BCUT2D eigenvalue weighted by atomic mass is 16.4. The van der Waals surface area contributed by atoms with E-state index in [0.29, 0.717) is 18.1 Å². The van der Waals surface area contributed by atoms with E-state index in [9.17, 15) is 4.79 Å². The molecule has 3 N–H and O–H groups in total. The Bertz CT molecular complexity index is 641. The van der Waals surface area contributed by atoms with Gasteiger partial charge in [0.25, 0.3) is 0 Å². The molecule has 0 bridgehead atoms. The Morgan fingerprint density at radius 3 is 2.65 bits per heavy atom. The lowest BCUT2D eigenvalue weighted by Gasteiger charge is -2.25. The third-order valence-corrected chi connectivity index (χ3v) is 3.12. The first kappa shape index (κ1) is 13.9. The summed E-state index contributed by atoms with van der Waals surface area (Å²) in [6, 6.07) is 9.36. The van der Waals surface area contributed by atoms with Crippen LogP contribution >= 0.6 is 0 Å². The van der Waals surface area contributed by atoms with E-state index in [-0.39, 0.29) is 5.56 Å². The molecule has 2 rings (SSSR count). The number of hydrogen-bond donors (Lipinski definition) is 2. The van der Waals surface area contributed by atoms with Crippen molar-refractivity contribution in [2.75, 3.05) is 17.2 Å². The highest BCUT2D eigenvalue weighted by Crippen LogP contribution is 2.30. The number of aryl methyl sites for hydroxylation is 1. The molecule has 0 saturated carbocycles. The van der Waals surface area contributed by atoms with Gasteiger partial charge >= 0.3 is 5.97 Å². The molecule has 5 heteroatoms. The minimum absolute atomic E-state index is 0.0899. The summed E-state index contributed by atoms with van der Waals surface area (Å²) in [6.45, 7) is 4.70. The van der Waals surface area contributed by atoms with Gasteiger partial charge in [0.05, 0.1) is 11.3 Å². The van der Waals surface area contributed by atoms with Crippen molar-refractivity contribution < 1.29 is 9.90 Å². The third-order valence-electron chi connectivity index (χ3n) is 3.12. The predicted molar refractivity (Wildman–Crippen MR) is 79.5 cm³/mol. The summed E-state index contributed by atoms with van der Waals surface area (Å²) < 4.78 is 0. The van der Waals surface area contributed by atoms with Crippen LogP contribution < -0.4 is 10.6 Å². The summed E-state index contributed by atoms with van der Waals surface area (Å²) in [5.74, 6) is -0.457. The number of anilines is 3. The van der Waals surface area contributed by atoms with E-state index < -0.39 is 5.97 Å². The molecule has 1 aromatic heterocycles. The van der Waals surface area contributed by atoms with E-state index in [2.05, 4.69) is 4.98 Å². The van der Waals surface area contributed by atoms with Gasteiger partial charge in [-0.1, -0.05) is 18.2 Å². The fraction of sp³-hybridized carbons (Fsp3) is 0.200. The second-order valence-electron chi connectivity index (χ2n) is 4.47. The molecular formula is C15H17N3O2. The largest absolute Gasteiger partial charge is 0.478 e. The van der Waals surface area contributed by atoms with E-state index in [1.54, 1.807) is 0 Å². The number of nitrogens with two attached hydrogens (primary N) is 1. The zero-order valence-electron chi connectivity index (χ0n) is 11.5. The molecule has 0 aliphatic rings. The molecule has 2 aromatic rings. The molecule has 0 atom stereocenters. The number of nitrogen functional groups attached to an aromatic ring is 1. The van der Waals surface area contributed by atoms with Gasteiger partial charge in [0.2, 0.25) is 0 Å². The lowest BCUT2D eigenvalue weighted by molar-refractivity contribution is 0.0696. The summed E-state index contributed by atoms with van der Waals surface area (Å²) in [5, 5.41) is 8.95. The second kappa shape index (κ2) is 5.61. The quantitative estimate of drug-likeness (QED) is 0.893. The van der Waals surface area contributed by atoms with Gasteiger partial charge in [-0.25, -0.2) is 9.78 Å². The molecular weight excluding hydrogens is 254 g/mol. The number of carbonyl (C=O) groups is 1. The molecule has 5 nitrogen and oxygen atoms in total. The van der Waals surface area contributed by atoms with E-state index in [0.717, 1.165) is 11.3 Å². The number of aromatic carboxylic acids is 1. The average molecular weight is 271 g/mol. The summed E-state index contributed by atoms with van der Waals surface area (Å²) >= 11 is 0. The Morgan fingerprint density at radius 1 is 1.40 bits per heavy atom. The van der Waals surface area contributed by atoms with Crippen LogP contribution in [0.15, 0.2) is 36.5 Å². The Balaban J connectivity index is 2.48. The number of carboxylic acid groups (broad SMARTS) is 1. The maximum absolute atomic E-state index is 10.9. The van der Waals surface area contributed by atoms with Crippen LogP contribution in [0.3, 0.4) is 0 Å². The van der Waals surface area contributed by atoms with Crippen LogP contribution in [-0.2, 0) is 0 Å². The van der Waals surface area contributed by atoms with Crippen LogP contribution in [-0.4, -0.2) is 22.6 Å². The summed E-state index contributed by atoms with van der Waals surface area (Å²) in [7, 11) is 0. The van der Waals surface area contributed by atoms with Gasteiger partial charge in [-0.15, -0.1) is 0 Å². The van der Waals surface area contributed by atoms with E-state index in [1.807, 2.05) is 43.0 Å². The van der Waals surface area contributed by atoms with Crippen LogP contribution in [0.2, 0.25) is 0 Å². The van der Waals surface area contributed by atoms with Crippen LogP contribution in [0.5, 0.6) is 0 Å². The predicted octanol–water partition coefficient (Wildman–Crippen LogP) is 2.83. The van der Waals surface area contributed by atoms with Crippen molar-refractivity contribution in [3.05, 3.63) is 47.7 Å². The van der Waals surface area contributed by atoms with Crippen molar-refractivity contribution in [3.63, 3.8) is 0 Å². The molecule has 0 aliphatic carbocycles. The molecule has 0 saturated heterocycles. The van der Waals surface area contributed by atoms with Crippen LogP contribution in [0.1, 0.15) is 22.8 Å². The molecule has 0 unspecified atom stereocenters. The second-order valence-corrected chi connectivity index (χ2v) is 4.47. The first-order chi connectivity index (χ1) is 9.54. The molecule has 104 valence electrons. The molecule has 0 spiro atoms. The zero-order chi connectivity index (χ0) is 14.7. The highest BCUT2D eigenvalue weighted by molar-refractivity contribution is 5.89. The maximum Gasteiger partial charge on any atom is 0.337 e. The number of carboxylic acids is 1. The van der Waals surface area contributed by atoms with E-state index in [1.165, 1.54) is 12.3 Å². The van der Waals surface area contributed by atoms with Crippen molar-refractivity contribution >= 4 is 23.2 Å². The number of para-hydroxylation sites is 1. The number of pyridine rings is 1. The Labute approximate surface area is 117 Å². The van der Waals surface area contributed by atoms with Gasteiger partial charge < -0.3 is 15.7 Å². The SMILES string of the molecule is CCN(c1ccccc1C)c1ncc(C(=O)O)cc1N. The topological polar surface area (TPSA) is 79.5 Å². The van der Waals surface area contributed by atoms with Crippen molar-refractivity contribution in [1.29, 1.82) is 0 Å². The Kier molecular flexibility index (Phi) is 3.89. The molecule has 0 fully saturated rings. The first-order valence-electron chi connectivity index (χ1n) is 6.36. The highest BCUT2D eigenvalue weighted by Gasteiger charge is 2.15. The first-order valence-corrected chi connectivity index (χ1v) is 6.36. The van der Waals surface area contributed by atoms with Gasteiger partial charge in [0.1, 0.15) is 0 Å². The summed E-state index contributed by atoms with van der Waals surface area (Å²) in [6.07, 6.45) is 1.33. The number of nitrogens with zero attached hydrogens (tertiary/aromatic N) is 2. The van der Waals surface area contributed by atoms with Crippen LogP contribution in [0.4, 0.5) is 17.2 Å². The van der Waals surface area contributed by atoms with Crippen LogP contribution in [0.25, 0.3) is 0 Å². The van der Waals surface area contributed by atoms with E-state index >= 15 is 0 Å². The fourth-order valence-electron chi connectivity index (χ4n) is 2.12.